The van der Waals surface area contributed by atoms with E-state index in [0.29, 0.717) is 26.1 Å². The number of amides is 2. The monoisotopic (exact) mass is 279 g/mol. The largest absolute Gasteiger partial charge is 0.375 e. The van der Waals surface area contributed by atoms with Crippen molar-refractivity contribution in [2.45, 2.75) is 25.5 Å². The van der Waals surface area contributed by atoms with Crippen LogP contribution in [-0.4, -0.2) is 62.7 Å². The molecule has 1 aliphatic heterocycles. The number of nitrogens with one attached hydrogen (secondary N) is 2. The third kappa shape index (κ3) is 4.80. The fraction of sp³-hybridized carbons (Fsp3) is 0.818. The molecule has 0 bridgehead atoms. The van der Waals surface area contributed by atoms with Gasteiger partial charge < -0.3 is 20.3 Å². The van der Waals surface area contributed by atoms with E-state index in [2.05, 4.69) is 10.6 Å². The Kier molecular flexibility index (Phi) is 7.90. The van der Waals surface area contributed by atoms with Crippen LogP contribution in [0, 0.1) is 0 Å². The minimum atomic E-state index is -0.307. The van der Waals surface area contributed by atoms with Crippen LogP contribution in [0.3, 0.4) is 0 Å². The van der Waals surface area contributed by atoms with Gasteiger partial charge in [-0.3, -0.25) is 9.59 Å². The first-order valence-corrected chi connectivity index (χ1v) is 5.86. The van der Waals surface area contributed by atoms with Crippen LogP contribution in [0.2, 0.25) is 0 Å². The molecule has 0 saturated carbocycles. The summed E-state index contributed by atoms with van der Waals surface area (Å²) in [6, 6.07) is -0.307. The number of nitrogens with zero attached hydrogens (tertiary/aromatic N) is 1. The lowest BCUT2D eigenvalue weighted by atomic mass is 10.1. The zero-order valence-electron chi connectivity index (χ0n) is 11.1. The highest BCUT2D eigenvalue weighted by Crippen LogP contribution is 2.07. The number of hydrogen-bond acceptors (Lipinski definition) is 4. The number of carbonyl (C=O) groups is 2. The first-order chi connectivity index (χ1) is 8.06. The second-order valence-electron chi connectivity index (χ2n) is 4.19. The Morgan fingerprint density at radius 1 is 1.50 bits per heavy atom. The first kappa shape index (κ1) is 17.2. The van der Waals surface area contributed by atoms with E-state index >= 15 is 0 Å². The fourth-order valence-electron chi connectivity index (χ4n) is 1.75. The third-order valence-electron chi connectivity index (χ3n) is 2.91. The van der Waals surface area contributed by atoms with Gasteiger partial charge in [0.05, 0.1) is 12.7 Å². The molecule has 0 spiro atoms. The van der Waals surface area contributed by atoms with Gasteiger partial charge in [0.25, 0.3) is 0 Å². The minimum Gasteiger partial charge on any atom is -0.375 e. The summed E-state index contributed by atoms with van der Waals surface area (Å²) >= 11 is 0. The van der Waals surface area contributed by atoms with Gasteiger partial charge >= 0.3 is 0 Å². The summed E-state index contributed by atoms with van der Waals surface area (Å²) in [5, 5.41) is 5.66. The highest BCUT2D eigenvalue weighted by Gasteiger charge is 2.30. The van der Waals surface area contributed by atoms with Gasteiger partial charge in [-0.2, -0.15) is 0 Å². The Labute approximate surface area is 114 Å². The van der Waals surface area contributed by atoms with E-state index < -0.39 is 0 Å². The Morgan fingerprint density at radius 3 is 2.72 bits per heavy atom. The molecule has 106 valence electrons. The second-order valence-corrected chi connectivity index (χ2v) is 4.19. The molecule has 0 aromatic heterocycles. The van der Waals surface area contributed by atoms with Gasteiger partial charge in [0.2, 0.25) is 11.8 Å². The van der Waals surface area contributed by atoms with Gasteiger partial charge in [0.1, 0.15) is 6.04 Å². The SMILES string of the molecule is CNC(=O)CCN(C)C(=O)[C@H]1NCCO[C@@H]1C.Cl. The minimum absolute atomic E-state index is 0. The van der Waals surface area contributed by atoms with Crippen LogP contribution < -0.4 is 10.6 Å². The predicted octanol–water partition coefficient (Wildman–Crippen LogP) is -0.620. The summed E-state index contributed by atoms with van der Waals surface area (Å²) in [6.07, 6.45) is 0.194. The lowest BCUT2D eigenvalue weighted by Crippen LogP contribution is -2.56. The summed E-state index contributed by atoms with van der Waals surface area (Å²) < 4.78 is 5.42. The lowest BCUT2D eigenvalue weighted by Gasteiger charge is -2.32. The van der Waals surface area contributed by atoms with Gasteiger partial charge in [-0.1, -0.05) is 0 Å². The van der Waals surface area contributed by atoms with Crippen molar-refractivity contribution in [1.82, 2.24) is 15.5 Å². The van der Waals surface area contributed by atoms with Crippen molar-refractivity contribution < 1.29 is 14.3 Å². The molecule has 7 heteroatoms. The van der Waals surface area contributed by atoms with E-state index in [1.807, 2.05) is 6.92 Å². The summed E-state index contributed by atoms with van der Waals surface area (Å²) in [7, 11) is 3.29. The molecule has 0 aromatic carbocycles. The van der Waals surface area contributed by atoms with Crippen molar-refractivity contribution in [2.75, 3.05) is 33.8 Å². The van der Waals surface area contributed by atoms with Crippen molar-refractivity contribution in [3.63, 3.8) is 0 Å². The Balaban J connectivity index is 0.00000289. The number of halogens is 1. The molecule has 0 aliphatic carbocycles. The smallest absolute Gasteiger partial charge is 0.242 e. The fourth-order valence-corrected chi connectivity index (χ4v) is 1.75. The Hall–Kier alpha value is -0.850. The molecular formula is C11H22ClN3O3. The van der Waals surface area contributed by atoms with Crippen LogP contribution in [0.1, 0.15) is 13.3 Å². The molecule has 2 amide bonds. The summed E-state index contributed by atoms with van der Waals surface area (Å²) in [5.74, 6) is -0.0911. The second kappa shape index (κ2) is 8.29. The molecule has 1 fully saturated rings. The van der Waals surface area contributed by atoms with Gasteiger partial charge in [0.15, 0.2) is 0 Å². The number of carbonyl (C=O) groups excluding carboxylic acids is 2. The quantitative estimate of drug-likeness (QED) is 0.720. The van der Waals surface area contributed by atoms with Crippen LogP contribution in [0.15, 0.2) is 0 Å². The number of ether oxygens (including phenoxy) is 1. The predicted molar refractivity (Wildman–Crippen MR) is 70.8 cm³/mol. The summed E-state index contributed by atoms with van der Waals surface area (Å²) in [6.45, 7) is 3.61. The molecule has 2 atom stereocenters. The van der Waals surface area contributed by atoms with E-state index in [1.54, 1.807) is 19.0 Å². The number of rotatable bonds is 4. The highest BCUT2D eigenvalue weighted by atomic mass is 35.5. The lowest BCUT2D eigenvalue weighted by molar-refractivity contribution is -0.138. The molecule has 1 aliphatic rings. The summed E-state index contributed by atoms with van der Waals surface area (Å²) in [4.78, 5) is 24.7. The molecule has 1 rings (SSSR count). The van der Waals surface area contributed by atoms with Crippen LogP contribution >= 0.6 is 12.4 Å². The van der Waals surface area contributed by atoms with E-state index in [-0.39, 0.29) is 36.4 Å². The molecule has 18 heavy (non-hydrogen) atoms. The van der Waals surface area contributed by atoms with Gasteiger partial charge in [-0.25, -0.2) is 0 Å². The molecule has 0 radical (unpaired) electrons. The average molecular weight is 280 g/mol. The molecule has 0 aromatic rings. The van der Waals surface area contributed by atoms with Crippen molar-refractivity contribution in [2.24, 2.45) is 0 Å². The average Bonchev–Trinajstić information content (AvgIpc) is 2.35. The zero-order chi connectivity index (χ0) is 12.8. The third-order valence-corrected chi connectivity index (χ3v) is 2.91. The van der Waals surface area contributed by atoms with Crippen LogP contribution in [0.4, 0.5) is 0 Å². The maximum Gasteiger partial charge on any atom is 0.242 e. The highest BCUT2D eigenvalue weighted by molar-refractivity contribution is 5.85. The molecule has 1 saturated heterocycles. The van der Waals surface area contributed by atoms with Gasteiger partial charge in [-0.15, -0.1) is 12.4 Å². The van der Waals surface area contributed by atoms with Crippen LogP contribution in [0.5, 0.6) is 0 Å². The van der Waals surface area contributed by atoms with E-state index in [9.17, 15) is 9.59 Å². The molecule has 2 N–H and O–H groups in total. The van der Waals surface area contributed by atoms with Crippen LogP contribution in [-0.2, 0) is 14.3 Å². The molecule has 0 unspecified atom stereocenters. The maximum absolute atomic E-state index is 12.1. The maximum atomic E-state index is 12.1. The number of hydrogen-bond donors (Lipinski definition) is 2. The van der Waals surface area contributed by atoms with Crippen molar-refractivity contribution >= 4 is 24.2 Å². The van der Waals surface area contributed by atoms with Crippen molar-refractivity contribution in [1.29, 1.82) is 0 Å². The molecule has 1 heterocycles. The van der Waals surface area contributed by atoms with Gasteiger partial charge in [-0.05, 0) is 6.92 Å². The standard InChI is InChI=1S/C11H21N3O3.ClH/c1-8-10(13-5-7-17-8)11(16)14(3)6-4-9(15)12-2;/h8,10,13H,4-7H2,1-3H3,(H,12,15);1H/t8-,10+;/m1./s1. The molecule has 6 nitrogen and oxygen atoms in total. The van der Waals surface area contributed by atoms with E-state index in [1.165, 1.54) is 0 Å². The van der Waals surface area contributed by atoms with Crippen LogP contribution in [0.25, 0.3) is 0 Å². The van der Waals surface area contributed by atoms with E-state index in [4.69, 9.17) is 4.74 Å². The Morgan fingerprint density at radius 2 is 2.17 bits per heavy atom. The number of likely N-dealkylation sites (N-methyl/N-ethyl adjacent to an activating group) is 1. The first-order valence-electron chi connectivity index (χ1n) is 5.86. The van der Waals surface area contributed by atoms with Gasteiger partial charge in [0, 0.05) is 33.6 Å². The zero-order valence-corrected chi connectivity index (χ0v) is 11.9. The Bertz CT molecular complexity index is 289. The summed E-state index contributed by atoms with van der Waals surface area (Å²) in [5.41, 5.74) is 0. The van der Waals surface area contributed by atoms with Crippen molar-refractivity contribution in [3.05, 3.63) is 0 Å². The normalized spacial score (nSPS) is 22.8. The number of morpholine rings is 1. The van der Waals surface area contributed by atoms with Crippen molar-refractivity contribution in [3.8, 4) is 0 Å². The topological polar surface area (TPSA) is 70.7 Å². The van der Waals surface area contributed by atoms with E-state index in [0.717, 1.165) is 0 Å². The molecular weight excluding hydrogens is 258 g/mol.